The number of nitrogens with zero attached hydrogens (tertiary/aromatic N) is 5. The molecule has 3 aromatic carbocycles. The second kappa shape index (κ2) is 11.4. The SMILES string of the molecule is C=C1N=C(c2ccc(CN3CCC(c4cnc5ccccc5n4)CC3)cc2)C(c2ccc(F)cc2)=CN1/C=C\C. The molecule has 200 valence electrons. The van der Waals surface area contributed by atoms with Crippen molar-refractivity contribution in [3.05, 3.63) is 138 Å². The molecule has 40 heavy (non-hydrogen) atoms. The summed E-state index contributed by atoms with van der Waals surface area (Å²) in [6, 6.07) is 23.2. The number of likely N-dealkylation sites (tertiary alicyclic amines) is 1. The molecule has 0 radical (unpaired) electrons. The predicted molar refractivity (Wildman–Crippen MR) is 160 cm³/mol. The molecule has 0 N–H and O–H groups in total. The number of allylic oxidation sites excluding steroid dienone is 2. The highest BCUT2D eigenvalue weighted by Crippen LogP contribution is 2.30. The fraction of sp³-hybridized carbons (Fsp3) is 0.206. The third-order valence-electron chi connectivity index (χ3n) is 7.63. The second-order valence-electron chi connectivity index (χ2n) is 10.3. The van der Waals surface area contributed by atoms with Gasteiger partial charge in [0.1, 0.15) is 11.6 Å². The average Bonchev–Trinajstić information content (AvgIpc) is 2.99. The van der Waals surface area contributed by atoms with Crippen molar-refractivity contribution >= 4 is 22.3 Å². The quantitative estimate of drug-likeness (QED) is 0.263. The lowest BCUT2D eigenvalue weighted by atomic mass is 9.93. The van der Waals surface area contributed by atoms with E-state index in [1.165, 1.54) is 17.7 Å². The van der Waals surface area contributed by atoms with Crippen LogP contribution in [0.4, 0.5) is 4.39 Å². The Kier molecular flexibility index (Phi) is 7.34. The summed E-state index contributed by atoms with van der Waals surface area (Å²) >= 11 is 0. The van der Waals surface area contributed by atoms with E-state index in [-0.39, 0.29) is 5.82 Å². The molecule has 0 bridgehead atoms. The first kappa shape index (κ1) is 25.8. The standard InChI is InChI=1S/C34H32FN5/c1-3-18-40-23-30(26-12-14-29(35)15-13-26)34(37-24(40)2)28-10-8-25(9-11-28)22-39-19-16-27(17-20-39)33-21-36-31-6-4-5-7-32(31)38-33/h3-15,18,21,23,27H,2,16-17,19-20,22H2,1H3/b18-3-. The minimum absolute atomic E-state index is 0.257. The molecule has 0 spiro atoms. The smallest absolute Gasteiger partial charge is 0.130 e. The molecule has 0 atom stereocenters. The Morgan fingerprint density at radius 2 is 1.62 bits per heavy atom. The molecule has 2 aliphatic heterocycles. The normalized spacial score (nSPS) is 16.9. The van der Waals surface area contributed by atoms with Gasteiger partial charge in [-0.2, -0.15) is 0 Å². The average molecular weight is 530 g/mol. The van der Waals surface area contributed by atoms with Gasteiger partial charge in [0.05, 0.1) is 22.4 Å². The molecule has 5 nitrogen and oxygen atoms in total. The van der Waals surface area contributed by atoms with E-state index in [2.05, 4.69) is 40.7 Å². The van der Waals surface area contributed by atoms with E-state index >= 15 is 0 Å². The van der Waals surface area contributed by atoms with E-state index in [0.717, 1.165) is 71.6 Å². The molecule has 0 aliphatic carbocycles. The van der Waals surface area contributed by atoms with E-state index in [1.54, 1.807) is 12.1 Å². The van der Waals surface area contributed by atoms with Gasteiger partial charge < -0.3 is 4.90 Å². The number of piperidine rings is 1. The maximum Gasteiger partial charge on any atom is 0.130 e. The molecule has 3 heterocycles. The van der Waals surface area contributed by atoms with Crippen LogP contribution in [0.2, 0.25) is 0 Å². The van der Waals surface area contributed by atoms with Gasteiger partial charge in [-0.05, 0) is 68.2 Å². The van der Waals surface area contributed by atoms with Crippen molar-refractivity contribution in [3.63, 3.8) is 0 Å². The van der Waals surface area contributed by atoms with Crippen LogP contribution in [-0.2, 0) is 6.54 Å². The van der Waals surface area contributed by atoms with Gasteiger partial charge in [0.15, 0.2) is 0 Å². The van der Waals surface area contributed by atoms with Crippen molar-refractivity contribution < 1.29 is 4.39 Å². The molecular formula is C34H32FN5. The van der Waals surface area contributed by atoms with Crippen LogP contribution in [0, 0.1) is 5.82 Å². The van der Waals surface area contributed by atoms with Crippen LogP contribution in [0.3, 0.4) is 0 Å². The lowest BCUT2D eigenvalue weighted by Gasteiger charge is -2.31. The molecule has 6 heteroatoms. The molecule has 0 amide bonds. The monoisotopic (exact) mass is 529 g/mol. The topological polar surface area (TPSA) is 44.6 Å². The number of aliphatic imine (C=N–C) groups is 1. The fourth-order valence-electron chi connectivity index (χ4n) is 5.45. The van der Waals surface area contributed by atoms with Crippen LogP contribution < -0.4 is 0 Å². The summed E-state index contributed by atoms with van der Waals surface area (Å²) < 4.78 is 13.6. The Labute approximate surface area is 234 Å². The van der Waals surface area contributed by atoms with Crippen molar-refractivity contribution in [2.75, 3.05) is 13.1 Å². The second-order valence-corrected chi connectivity index (χ2v) is 10.3. The third kappa shape index (κ3) is 5.49. The highest BCUT2D eigenvalue weighted by atomic mass is 19.1. The van der Waals surface area contributed by atoms with Gasteiger partial charge in [0.25, 0.3) is 0 Å². The molecule has 1 aromatic heterocycles. The lowest BCUT2D eigenvalue weighted by Crippen LogP contribution is -2.32. The zero-order chi connectivity index (χ0) is 27.5. The summed E-state index contributed by atoms with van der Waals surface area (Å²) in [4.78, 5) is 18.8. The first-order chi connectivity index (χ1) is 19.6. The number of aromatic nitrogens is 2. The molecule has 4 aromatic rings. The Hall–Kier alpha value is -4.42. The molecule has 0 unspecified atom stereocenters. The Bertz CT molecular complexity index is 1610. The molecule has 1 fully saturated rings. The van der Waals surface area contributed by atoms with Crippen LogP contribution in [0.5, 0.6) is 0 Å². The summed E-state index contributed by atoms with van der Waals surface area (Å²) in [5, 5.41) is 0. The van der Waals surface area contributed by atoms with Gasteiger partial charge in [-0.3, -0.25) is 9.88 Å². The molecular weight excluding hydrogens is 497 g/mol. The fourth-order valence-corrected chi connectivity index (χ4v) is 5.45. The highest BCUT2D eigenvalue weighted by Gasteiger charge is 2.23. The molecule has 1 saturated heterocycles. The van der Waals surface area contributed by atoms with E-state index in [4.69, 9.17) is 9.98 Å². The first-order valence-electron chi connectivity index (χ1n) is 13.8. The van der Waals surface area contributed by atoms with Gasteiger partial charge in [-0.15, -0.1) is 0 Å². The minimum Gasteiger partial charge on any atom is -0.309 e. The van der Waals surface area contributed by atoms with Gasteiger partial charge in [-0.1, -0.05) is 61.2 Å². The molecule has 0 saturated carbocycles. The number of hydrogen-bond donors (Lipinski definition) is 0. The zero-order valence-corrected chi connectivity index (χ0v) is 22.7. The van der Waals surface area contributed by atoms with Crippen molar-refractivity contribution in [2.45, 2.75) is 32.2 Å². The number of fused-ring (bicyclic) bond motifs is 1. The van der Waals surface area contributed by atoms with Crippen LogP contribution in [-0.4, -0.2) is 38.6 Å². The third-order valence-corrected chi connectivity index (χ3v) is 7.63. The van der Waals surface area contributed by atoms with Gasteiger partial charge in [-0.25, -0.2) is 14.4 Å². The Morgan fingerprint density at radius 1 is 0.925 bits per heavy atom. The number of benzene rings is 3. The molecule has 6 rings (SSSR count). The van der Waals surface area contributed by atoms with Crippen molar-refractivity contribution in [1.82, 2.24) is 19.8 Å². The lowest BCUT2D eigenvalue weighted by molar-refractivity contribution is 0.203. The van der Waals surface area contributed by atoms with Crippen LogP contribution in [0.25, 0.3) is 16.6 Å². The van der Waals surface area contributed by atoms with Gasteiger partial charge >= 0.3 is 0 Å². The number of hydrogen-bond acceptors (Lipinski definition) is 5. The van der Waals surface area contributed by atoms with E-state index in [9.17, 15) is 4.39 Å². The summed E-state index contributed by atoms with van der Waals surface area (Å²) in [6.07, 6.45) is 9.99. The number of halogens is 1. The minimum atomic E-state index is -0.257. The van der Waals surface area contributed by atoms with Crippen molar-refractivity contribution in [1.29, 1.82) is 0 Å². The van der Waals surface area contributed by atoms with Gasteiger partial charge in [0, 0.05) is 42.2 Å². The largest absolute Gasteiger partial charge is 0.309 e. The summed E-state index contributed by atoms with van der Waals surface area (Å²) in [7, 11) is 0. The Morgan fingerprint density at radius 3 is 2.35 bits per heavy atom. The summed E-state index contributed by atoms with van der Waals surface area (Å²) in [6.45, 7) is 9.07. The van der Waals surface area contributed by atoms with Crippen molar-refractivity contribution in [3.8, 4) is 0 Å². The zero-order valence-electron chi connectivity index (χ0n) is 22.7. The van der Waals surface area contributed by atoms with Gasteiger partial charge in [0.2, 0.25) is 0 Å². The summed E-state index contributed by atoms with van der Waals surface area (Å²) in [5.41, 5.74) is 7.98. The van der Waals surface area contributed by atoms with Crippen LogP contribution in [0.1, 0.15) is 48.1 Å². The number of para-hydroxylation sites is 2. The maximum absolute atomic E-state index is 13.6. The maximum atomic E-state index is 13.6. The molecule has 2 aliphatic rings. The summed E-state index contributed by atoms with van der Waals surface area (Å²) in [5.74, 6) is 0.834. The number of rotatable bonds is 6. The highest BCUT2D eigenvalue weighted by molar-refractivity contribution is 6.32. The predicted octanol–water partition coefficient (Wildman–Crippen LogP) is 7.30. The first-order valence-corrected chi connectivity index (χ1v) is 13.8. The van der Waals surface area contributed by atoms with Crippen molar-refractivity contribution in [2.24, 2.45) is 4.99 Å². The van der Waals surface area contributed by atoms with Crippen LogP contribution >= 0.6 is 0 Å². The van der Waals surface area contributed by atoms with Crippen LogP contribution in [0.15, 0.2) is 115 Å². The Balaban J connectivity index is 1.14. The van der Waals surface area contributed by atoms with E-state index in [1.807, 2.05) is 60.8 Å². The van der Waals surface area contributed by atoms with E-state index in [0.29, 0.717) is 11.7 Å². The van der Waals surface area contributed by atoms with E-state index < -0.39 is 0 Å².